The number of likely N-dealkylation sites (tertiary alicyclic amines) is 1. The highest BCUT2D eigenvalue weighted by molar-refractivity contribution is 6.03. The van der Waals surface area contributed by atoms with Crippen LogP contribution in [0, 0.1) is 29.4 Å². The molecular formula is C33H34F2N6O2. The SMILES string of the molecule is C#Cc1c(F)ccc2cc(O)cc(-c3ncc4c(N5CCCC6(CNC6)C5)nc(O[C@@H](C)C5CCCN5C)nc4c3F)c12. The third-order valence-electron chi connectivity index (χ3n) is 9.47. The Kier molecular flexibility index (Phi) is 6.83. The zero-order valence-electron chi connectivity index (χ0n) is 24.3. The number of likely N-dealkylation sites (N-methyl/N-ethyl adjacent to an activating group) is 1. The van der Waals surface area contributed by atoms with Gasteiger partial charge in [0, 0.05) is 54.8 Å². The molecule has 3 aliphatic rings. The van der Waals surface area contributed by atoms with E-state index >= 15 is 4.39 Å². The zero-order chi connectivity index (χ0) is 29.9. The number of anilines is 1. The minimum atomic E-state index is -0.715. The van der Waals surface area contributed by atoms with E-state index in [1.807, 2.05) is 6.92 Å². The molecule has 1 spiro atoms. The zero-order valence-corrected chi connectivity index (χ0v) is 24.3. The van der Waals surface area contributed by atoms with Gasteiger partial charge < -0.3 is 20.1 Å². The molecule has 0 aliphatic carbocycles. The Morgan fingerprint density at radius 3 is 2.74 bits per heavy atom. The van der Waals surface area contributed by atoms with Gasteiger partial charge in [-0.1, -0.05) is 12.0 Å². The number of hydrogen-bond acceptors (Lipinski definition) is 8. The molecule has 0 amide bonds. The van der Waals surface area contributed by atoms with Crippen LogP contribution < -0.4 is 15.0 Å². The van der Waals surface area contributed by atoms with Crippen molar-refractivity contribution in [1.29, 1.82) is 0 Å². The summed E-state index contributed by atoms with van der Waals surface area (Å²) in [5, 5.41) is 15.1. The number of aromatic nitrogens is 3. The van der Waals surface area contributed by atoms with Gasteiger partial charge in [0.2, 0.25) is 0 Å². The summed E-state index contributed by atoms with van der Waals surface area (Å²) in [4.78, 5) is 18.4. The second-order valence-corrected chi connectivity index (χ2v) is 12.3. The maximum atomic E-state index is 16.7. The smallest absolute Gasteiger partial charge is 0.319 e. The summed E-state index contributed by atoms with van der Waals surface area (Å²) in [6.07, 6.45) is 11.2. The van der Waals surface area contributed by atoms with Crippen molar-refractivity contribution in [3.8, 4) is 35.4 Å². The normalized spacial score (nSPS) is 20.8. The molecule has 3 fully saturated rings. The van der Waals surface area contributed by atoms with Gasteiger partial charge in [-0.2, -0.15) is 9.97 Å². The van der Waals surface area contributed by atoms with Crippen molar-refractivity contribution in [3.63, 3.8) is 0 Å². The van der Waals surface area contributed by atoms with Crippen LogP contribution in [0.2, 0.25) is 0 Å². The van der Waals surface area contributed by atoms with Crippen LogP contribution in [0.25, 0.3) is 32.9 Å². The van der Waals surface area contributed by atoms with Gasteiger partial charge in [-0.15, -0.1) is 6.42 Å². The predicted molar refractivity (Wildman–Crippen MR) is 162 cm³/mol. The predicted octanol–water partition coefficient (Wildman–Crippen LogP) is 4.86. The van der Waals surface area contributed by atoms with Gasteiger partial charge in [-0.3, -0.25) is 9.88 Å². The molecule has 1 unspecified atom stereocenters. The molecule has 3 aliphatic heterocycles. The summed E-state index contributed by atoms with van der Waals surface area (Å²) in [6, 6.07) is 5.87. The third kappa shape index (κ3) is 4.71. The van der Waals surface area contributed by atoms with E-state index in [9.17, 15) is 9.50 Å². The van der Waals surface area contributed by atoms with Crippen molar-refractivity contribution in [3.05, 3.63) is 47.7 Å². The monoisotopic (exact) mass is 584 g/mol. The average molecular weight is 585 g/mol. The molecule has 2 aromatic carbocycles. The van der Waals surface area contributed by atoms with E-state index in [0.717, 1.165) is 58.4 Å². The Bertz CT molecular complexity index is 1790. The first-order valence-corrected chi connectivity index (χ1v) is 14.9. The van der Waals surface area contributed by atoms with Crippen molar-refractivity contribution < 1.29 is 18.6 Å². The fraction of sp³-hybridized carbons (Fsp3) is 0.424. The molecule has 5 heterocycles. The van der Waals surface area contributed by atoms with Crippen molar-refractivity contribution in [1.82, 2.24) is 25.2 Å². The molecule has 0 saturated carbocycles. The lowest BCUT2D eigenvalue weighted by atomic mass is 9.75. The van der Waals surface area contributed by atoms with E-state index in [0.29, 0.717) is 22.0 Å². The van der Waals surface area contributed by atoms with Crippen LogP contribution in [-0.4, -0.2) is 76.9 Å². The Hall–Kier alpha value is -4.07. The van der Waals surface area contributed by atoms with Crippen molar-refractivity contribution in [2.75, 3.05) is 44.7 Å². The molecule has 43 heavy (non-hydrogen) atoms. The van der Waals surface area contributed by atoms with Crippen LogP contribution in [0.5, 0.6) is 11.8 Å². The minimum absolute atomic E-state index is 0.0246. The number of halogens is 2. The first kappa shape index (κ1) is 27.7. The second-order valence-electron chi connectivity index (χ2n) is 12.3. The number of phenols is 1. The average Bonchev–Trinajstić information content (AvgIpc) is 3.42. The molecule has 222 valence electrons. The number of phenolic OH excluding ortho intramolecular Hbond substituents is 1. The van der Waals surface area contributed by atoms with Crippen molar-refractivity contribution in [2.24, 2.45) is 5.41 Å². The fourth-order valence-corrected chi connectivity index (χ4v) is 7.19. The molecule has 7 rings (SSSR count). The quantitative estimate of drug-likeness (QED) is 0.322. The van der Waals surface area contributed by atoms with E-state index in [2.05, 4.69) is 38.1 Å². The van der Waals surface area contributed by atoms with E-state index in [1.165, 1.54) is 24.3 Å². The fourth-order valence-electron chi connectivity index (χ4n) is 7.19. The van der Waals surface area contributed by atoms with E-state index in [1.54, 1.807) is 6.20 Å². The Balaban J connectivity index is 1.40. The van der Waals surface area contributed by atoms with Gasteiger partial charge in [-0.25, -0.2) is 8.78 Å². The molecule has 10 heteroatoms. The number of rotatable bonds is 5. The second kappa shape index (κ2) is 10.6. The molecule has 3 saturated heterocycles. The van der Waals surface area contributed by atoms with Crippen LogP contribution in [0.15, 0.2) is 30.5 Å². The molecule has 2 N–H and O–H groups in total. The summed E-state index contributed by atoms with van der Waals surface area (Å²) in [5.74, 6) is 1.53. The number of ether oxygens (including phenoxy) is 1. The molecule has 4 aromatic rings. The molecular weight excluding hydrogens is 550 g/mol. The minimum Gasteiger partial charge on any atom is -0.508 e. The van der Waals surface area contributed by atoms with Crippen LogP contribution in [0.1, 0.15) is 38.2 Å². The van der Waals surface area contributed by atoms with E-state index in [4.69, 9.17) is 16.1 Å². The number of piperidine rings is 1. The highest BCUT2D eigenvalue weighted by atomic mass is 19.1. The summed E-state index contributed by atoms with van der Waals surface area (Å²) in [7, 11) is 2.08. The van der Waals surface area contributed by atoms with Crippen molar-refractivity contribution >= 4 is 27.5 Å². The highest BCUT2D eigenvalue weighted by Crippen LogP contribution is 2.41. The number of terminal acetylenes is 1. The van der Waals surface area contributed by atoms with Gasteiger partial charge in [0.05, 0.1) is 10.9 Å². The molecule has 2 aromatic heterocycles. The van der Waals surface area contributed by atoms with Crippen molar-refractivity contribution in [2.45, 2.75) is 44.8 Å². The molecule has 2 atom stereocenters. The standard InChI is InChI=1S/C33H34F2N6O2/c1-4-22-25(34)9-8-20-13-21(42)14-23(27(20)22)29-28(35)30-24(15-37-29)31(41-12-6-10-33(18-41)16-36-17-33)39-32(38-30)43-19(2)26-7-5-11-40(26)3/h1,8-9,13-15,19,26,36,42H,5-7,10-12,16-18H2,2-3H3/t19-,26?/m0/s1. The number of nitrogens with one attached hydrogen (secondary N) is 1. The molecule has 0 radical (unpaired) electrons. The lowest BCUT2D eigenvalue weighted by Crippen LogP contribution is -2.61. The van der Waals surface area contributed by atoms with Gasteiger partial charge in [0.1, 0.15) is 34.7 Å². The highest BCUT2D eigenvalue weighted by Gasteiger charge is 2.41. The number of hydrogen-bond donors (Lipinski definition) is 2. The van der Waals surface area contributed by atoms with Gasteiger partial charge >= 0.3 is 6.01 Å². The van der Waals surface area contributed by atoms with Crippen LogP contribution in [0.4, 0.5) is 14.6 Å². The Morgan fingerprint density at radius 2 is 2.02 bits per heavy atom. The Morgan fingerprint density at radius 1 is 1.19 bits per heavy atom. The number of benzene rings is 2. The van der Waals surface area contributed by atoms with Crippen LogP contribution in [-0.2, 0) is 0 Å². The van der Waals surface area contributed by atoms with Crippen LogP contribution >= 0.6 is 0 Å². The van der Waals surface area contributed by atoms with Gasteiger partial charge in [0.15, 0.2) is 5.82 Å². The summed E-state index contributed by atoms with van der Waals surface area (Å²) < 4.78 is 37.9. The first-order valence-electron chi connectivity index (χ1n) is 14.9. The number of pyridine rings is 1. The molecule has 8 nitrogen and oxygen atoms in total. The third-order valence-corrected chi connectivity index (χ3v) is 9.47. The maximum Gasteiger partial charge on any atom is 0.319 e. The molecule has 0 bridgehead atoms. The summed E-state index contributed by atoms with van der Waals surface area (Å²) in [6.45, 7) is 6.44. The number of fused-ring (bicyclic) bond motifs is 2. The Labute approximate surface area is 249 Å². The van der Waals surface area contributed by atoms with Gasteiger partial charge in [-0.05, 0) is 69.8 Å². The summed E-state index contributed by atoms with van der Waals surface area (Å²) >= 11 is 0. The number of nitrogens with zero attached hydrogens (tertiary/aromatic N) is 5. The van der Waals surface area contributed by atoms with E-state index in [-0.39, 0.29) is 51.7 Å². The van der Waals surface area contributed by atoms with E-state index < -0.39 is 11.6 Å². The lowest BCUT2D eigenvalue weighted by Gasteiger charge is -2.49. The van der Waals surface area contributed by atoms with Crippen LogP contribution in [0.3, 0.4) is 0 Å². The lowest BCUT2D eigenvalue weighted by molar-refractivity contribution is 0.112. The van der Waals surface area contributed by atoms with Gasteiger partial charge in [0.25, 0.3) is 0 Å². The number of aromatic hydroxyl groups is 1. The summed E-state index contributed by atoms with van der Waals surface area (Å²) in [5.41, 5.74) is 0.288. The first-order chi connectivity index (χ1) is 20.8. The maximum absolute atomic E-state index is 16.7. The largest absolute Gasteiger partial charge is 0.508 e. The topological polar surface area (TPSA) is 86.6 Å².